The molecule has 2 aliphatic heterocycles. The number of carbonyl (C=O) groups is 3. The van der Waals surface area contributed by atoms with E-state index in [1.165, 1.54) is 4.90 Å². The summed E-state index contributed by atoms with van der Waals surface area (Å²) in [7, 11) is 2.06. The third kappa shape index (κ3) is 3.68. The van der Waals surface area contributed by atoms with Gasteiger partial charge in [-0.25, -0.2) is 0 Å². The summed E-state index contributed by atoms with van der Waals surface area (Å²) in [6, 6.07) is 16.9. The van der Waals surface area contributed by atoms with Crippen molar-refractivity contribution in [2.45, 2.75) is 19.4 Å². The number of imide groups is 1. The van der Waals surface area contributed by atoms with Crippen LogP contribution in [0.1, 0.15) is 35.3 Å². The number of benzene rings is 2. The molecule has 29 heavy (non-hydrogen) atoms. The number of anilines is 1. The zero-order valence-electron chi connectivity index (χ0n) is 16.7. The first-order valence-electron chi connectivity index (χ1n) is 9.97. The zero-order chi connectivity index (χ0) is 20.5. The molecule has 2 saturated heterocycles. The summed E-state index contributed by atoms with van der Waals surface area (Å²) in [5, 5.41) is 0. The highest BCUT2D eigenvalue weighted by Gasteiger charge is 2.37. The first-order chi connectivity index (χ1) is 14.0. The molecule has 0 unspecified atom stereocenters. The number of rotatable bonds is 3. The number of likely N-dealkylation sites (N-methyl/N-ethyl adjacent to an activating group) is 1. The van der Waals surface area contributed by atoms with Crippen molar-refractivity contribution in [3.05, 3.63) is 65.7 Å². The Hall–Kier alpha value is -2.99. The molecule has 0 bridgehead atoms. The van der Waals surface area contributed by atoms with E-state index in [-0.39, 0.29) is 36.1 Å². The Labute approximate surface area is 170 Å². The highest BCUT2D eigenvalue weighted by Crippen LogP contribution is 2.30. The summed E-state index contributed by atoms with van der Waals surface area (Å²) < 4.78 is 0. The number of amides is 3. The van der Waals surface area contributed by atoms with Crippen molar-refractivity contribution in [3.8, 4) is 0 Å². The molecule has 0 N–H and O–H groups in total. The van der Waals surface area contributed by atoms with Gasteiger partial charge in [0.15, 0.2) is 0 Å². The topological polar surface area (TPSA) is 60.9 Å². The van der Waals surface area contributed by atoms with E-state index >= 15 is 0 Å². The molecule has 2 heterocycles. The van der Waals surface area contributed by atoms with Crippen LogP contribution in [-0.2, 0) is 9.59 Å². The van der Waals surface area contributed by atoms with Crippen molar-refractivity contribution in [1.29, 1.82) is 0 Å². The first-order valence-corrected chi connectivity index (χ1v) is 9.97. The average Bonchev–Trinajstić information content (AvgIpc) is 2.99. The predicted molar refractivity (Wildman–Crippen MR) is 110 cm³/mol. The number of piperazine rings is 1. The van der Waals surface area contributed by atoms with Gasteiger partial charge in [0.1, 0.15) is 0 Å². The number of nitrogens with zero attached hydrogens (tertiary/aromatic N) is 3. The van der Waals surface area contributed by atoms with Gasteiger partial charge in [0.05, 0.1) is 11.7 Å². The van der Waals surface area contributed by atoms with E-state index in [1.54, 1.807) is 31.2 Å². The summed E-state index contributed by atoms with van der Waals surface area (Å²) in [4.78, 5) is 43.4. The Morgan fingerprint density at radius 1 is 1.00 bits per heavy atom. The lowest BCUT2D eigenvalue weighted by Crippen LogP contribution is -2.49. The molecule has 2 aromatic rings. The highest BCUT2D eigenvalue weighted by atomic mass is 16.2. The van der Waals surface area contributed by atoms with E-state index in [1.807, 2.05) is 35.2 Å². The molecule has 2 atom stereocenters. The average molecular weight is 391 g/mol. The molecule has 2 aliphatic rings. The highest BCUT2D eigenvalue weighted by molar-refractivity contribution is 6.21. The maximum absolute atomic E-state index is 13.4. The SMILES string of the molecule is C[C@H]1CC(=O)N(c2cccc(C(=O)N3CCN(C)C[C@@H]3c3ccccc3)c2)C1=O. The molecule has 0 spiro atoms. The van der Waals surface area contributed by atoms with E-state index in [0.29, 0.717) is 17.8 Å². The van der Waals surface area contributed by atoms with E-state index < -0.39 is 0 Å². The smallest absolute Gasteiger partial charge is 0.254 e. The van der Waals surface area contributed by atoms with Gasteiger partial charge in [-0.05, 0) is 30.8 Å². The van der Waals surface area contributed by atoms with Crippen LogP contribution in [0.2, 0.25) is 0 Å². The quantitative estimate of drug-likeness (QED) is 0.755. The lowest BCUT2D eigenvalue weighted by molar-refractivity contribution is -0.122. The Bertz CT molecular complexity index is 943. The second-order valence-electron chi connectivity index (χ2n) is 7.91. The molecule has 6 nitrogen and oxygen atoms in total. The van der Waals surface area contributed by atoms with Crippen LogP contribution in [0, 0.1) is 5.92 Å². The van der Waals surface area contributed by atoms with Crippen molar-refractivity contribution < 1.29 is 14.4 Å². The van der Waals surface area contributed by atoms with Gasteiger partial charge < -0.3 is 9.80 Å². The van der Waals surface area contributed by atoms with Crippen molar-refractivity contribution in [2.24, 2.45) is 5.92 Å². The van der Waals surface area contributed by atoms with Crippen LogP contribution < -0.4 is 4.90 Å². The van der Waals surface area contributed by atoms with Crippen LogP contribution in [-0.4, -0.2) is 54.2 Å². The largest absolute Gasteiger partial charge is 0.329 e. The fourth-order valence-corrected chi connectivity index (χ4v) is 4.12. The summed E-state index contributed by atoms with van der Waals surface area (Å²) in [5.41, 5.74) is 2.07. The van der Waals surface area contributed by atoms with Crippen molar-refractivity contribution >= 4 is 23.4 Å². The van der Waals surface area contributed by atoms with E-state index in [4.69, 9.17) is 0 Å². The van der Waals surface area contributed by atoms with Crippen molar-refractivity contribution in [3.63, 3.8) is 0 Å². The minimum atomic E-state index is -0.318. The number of hydrogen-bond acceptors (Lipinski definition) is 4. The van der Waals surface area contributed by atoms with Crippen molar-refractivity contribution in [2.75, 3.05) is 31.6 Å². The summed E-state index contributed by atoms with van der Waals surface area (Å²) in [6.07, 6.45) is 0.214. The standard InChI is InChI=1S/C23H25N3O3/c1-16-13-21(27)26(22(16)28)19-10-6-9-18(14-19)23(29)25-12-11-24(2)15-20(25)17-7-4-3-5-8-17/h3-10,14,16,20H,11-13,15H2,1-2H3/t16-,20+/m0/s1. The molecule has 3 amide bonds. The second kappa shape index (κ2) is 7.79. The van der Waals surface area contributed by atoms with E-state index in [9.17, 15) is 14.4 Å². The normalized spacial score (nSPS) is 23.0. The third-order valence-electron chi connectivity index (χ3n) is 5.75. The van der Waals surface area contributed by atoms with E-state index in [0.717, 1.165) is 18.7 Å². The Morgan fingerprint density at radius 3 is 2.45 bits per heavy atom. The molecule has 2 aromatic carbocycles. The number of hydrogen-bond donors (Lipinski definition) is 0. The minimum Gasteiger partial charge on any atom is -0.329 e. The van der Waals surface area contributed by atoms with Gasteiger partial charge >= 0.3 is 0 Å². The number of carbonyl (C=O) groups excluding carboxylic acids is 3. The van der Waals surface area contributed by atoms with Crippen LogP contribution in [0.5, 0.6) is 0 Å². The second-order valence-corrected chi connectivity index (χ2v) is 7.91. The van der Waals surface area contributed by atoms with Gasteiger partial charge in [0.25, 0.3) is 5.91 Å². The molecule has 2 fully saturated rings. The van der Waals surface area contributed by atoms with E-state index in [2.05, 4.69) is 11.9 Å². The lowest BCUT2D eigenvalue weighted by atomic mass is 10.0. The molecule has 6 heteroatoms. The van der Waals surface area contributed by atoms with Crippen LogP contribution in [0.4, 0.5) is 5.69 Å². The minimum absolute atomic E-state index is 0.0406. The van der Waals surface area contributed by atoms with Gasteiger partial charge in [0.2, 0.25) is 11.8 Å². The Morgan fingerprint density at radius 2 is 1.76 bits per heavy atom. The van der Waals surface area contributed by atoms with Gasteiger partial charge in [-0.1, -0.05) is 43.3 Å². The molecule has 0 aliphatic carbocycles. The van der Waals surface area contributed by atoms with Crippen LogP contribution >= 0.6 is 0 Å². The maximum atomic E-state index is 13.4. The molecule has 0 saturated carbocycles. The molecule has 0 radical (unpaired) electrons. The molecule has 4 rings (SSSR count). The van der Waals surface area contributed by atoms with Gasteiger partial charge in [-0.2, -0.15) is 0 Å². The molecule has 150 valence electrons. The predicted octanol–water partition coefficient (Wildman–Crippen LogP) is 2.71. The van der Waals surface area contributed by atoms with Crippen LogP contribution in [0.25, 0.3) is 0 Å². The molecular weight excluding hydrogens is 366 g/mol. The van der Waals surface area contributed by atoms with Crippen LogP contribution in [0.15, 0.2) is 54.6 Å². The fourth-order valence-electron chi connectivity index (χ4n) is 4.12. The lowest BCUT2D eigenvalue weighted by Gasteiger charge is -2.40. The maximum Gasteiger partial charge on any atom is 0.254 e. The van der Waals surface area contributed by atoms with Gasteiger partial charge in [0, 0.05) is 37.5 Å². The summed E-state index contributed by atoms with van der Waals surface area (Å²) >= 11 is 0. The summed E-state index contributed by atoms with van der Waals surface area (Å²) in [5.74, 6) is -0.821. The van der Waals surface area contributed by atoms with Gasteiger partial charge in [-0.3, -0.25) is 19.3 Å². The first kappa shape index (κ1) is 19.3. The van der Waals surface area contributed by atoms with Crippen molar-refractivity contribution in [1.82, 2.24) is 9.80 Å². The molecule has 0 aromatic heterocycles. The monoisotopic (exact) mass is 391 g/mol. The Balaban J connectivity index is 1.63. The third-order valence-corrected chi connectivity index (χ3v) is 5.75. The Kier molecular flexibility index (Phi) is 5.20. The summed E-state index contributed by atoms with van der Waals surface area (Å²) in [6.45, 7) is 3.94. The van der Waals surface area contributed by atoms with Crippen LogP contribution in [0.3, 0.4) is 0 Å². The van der Waals surface area contributed by atoms with Gasteiger partial charge in [-0.15, -0.1) is 0 Å². The molecular formula is C23H25N3O3. The zero-order valence-corrected chi connectivity index (χ0v) is 16.7. The fraction of sp³-hybridized carbons (Fsp3) is 0.348.